The lowest BCUT2D eigenvalue weighted by atomic mass is 10.0. The molecule has 3 nitrogen and oxygen atoms in total. The highest BCUT2D eigenvalue weighted by Gasteiger charge is 2.20. The van der Waals surface area contributed by atoms with Gasteiger partial charge in [-0.25, -0.2) is 0 Å². The summed E-state index contributed by atoms with van der Waals surface area (Å²) in [5, 5.41) is 3.50. The van der Waals surface area contributed by atoms with Gasteiger partial charge in [0.05, 0.1) is 19.3 Å². The highest BCUT2D eigenvalue weighted by molar-refractivity contribution is 9.10. The Morgan fingerprint density at radius 1 is 1.40 bits per heavy atom. The van der Waals surface area contributed by atoms with Crippen LogP contribution in [-0.4, -0.2) is 31.9 Å². The van der Waals surface area contributed by atoms with Crippen LogP contribution < -0.4 is 10.1 Å². The molecule has 0 aliphatic carbocycles. The Labute approximate surface area is 130 Å². The summed E-state index contributed by atoms with van der Waals surface area (Å²) in [5.74, 6) is 1.08. The normalized spacial score (nSPS) is 15.2. The van der Waals surface area contributed by atoms with Crippen molar-refractivity contribution in [3.63, 3.8) is 0 Å². The van der Waals surface area contributed by atoms with Crippen molar-refractivity contribution in [2.24, 2.45) is 0 Å². The lowest BCUT2D eigenvalue weighted by molar-refractivity contribution is 0.0615. The molecule has 1 atom stereocenters. The molecule has 0 fully saturated rings. The number of halogens is 1. The number of hydrogen-bond donors (Lipinski definition) is 1. The molecule has 1 heterocycles. The predicted octanol–water partition coefficient (Wildman–Crippen LogP) is 3.33. The standard InChI is InChI=1S/C16H24BrNO2/c1-4-18-15(10-20-11(2)3)9-13-8-14(17)7-12-5-6-19-16(12)13/h7-8,11,15,18H,4-6,9-10H2,1-3H3. The molecule has 0 spiro atoms. The number of fused-ring (bicyclic) bond motifs is 1. The first-order valence-electron chi connectivity index (χ1n) is 7.39. The van der Waals surface area contributed by atoms with Crippen LogP contribution in [0.2, 0.25) is 0 Å². The molecule has 112 valence electrons. The monoisotopic (exact) mass is 341 g/mol. The molecular weight excluding hydrogens is 318 g/mol. The van der Waals surface area contributed by atoms with E-state index < -0.39 is 0 Å². The molecule has 0 aromatic heterocycles. The van der Waals surface area contributed by atoms with Gasteiger partial charge in [0.25, 0.3) is 0 Å². The molecule has 1 N–H and O–H groups in total. The fourth-order valence-corrected chi connectivity index (χ4v) is 3.10. The second-order valence-electron chi connectivity index (χ2n) is 5.49. The van der Waals surface area contributed by atoms with Crippen LogP contribution in [0.5, 0.6) is 5.75 Å². The first kappa shape index (κ1) is 15.8. The fraction of sp³-hybridized carbons (Fsp3) is 0.625. The Bertz CT molecular complexity index is 448. The second-order valence-corrected chi connectivity index (χ2v) is 6.41. The summed E-state index contributed by atoms with van der Waals surface area (Å²) in [6.45, 7) is 8.75. The zero-order valence-electron chi connectivity index (χ0n) is 12.5. The number of ether oxygens (including phenoxy) is 2. The molecule has 1 aliphatic rings. The van der Waals surface area contributed by atoms with Gasteiger partial charge in [0.2, 0.25) is 0 Å². The van der Waals surface area contributed by atoms with Gasteiger partial charge in [-0.1, -0.05) is 22.9 Å². The molecule has 2 rings (SSSR count). The topological polar surface area (TPSA) is 30.5 Å². The van der Waals surface area contributed by atoms with E-state index in [0.29, 0.717) is 6.04 Å². The fourth-order valence-electron chi connectivity index (χ4n) is 2.55. The number of benzene rings is 1. The minimum Gasteiger partial charge on any atom is -0.493 e. The Balaban J connectivity index is 2.10. The van der Waals surface area contributed by atoms with Gasteiger partial charge in [-0.15, -0.1) is 0 Å². The molecule has 1 unspecified atom stereocenters. The van der Waals surface area contributed by atoms with Gasteiger partial charge in [0, 0.05) is 16.9 Å². The van der Waals surface area contributed by atoms with Gasteiger partial charge in [-0.3, -0.25) is 0 Å². The van der Waals surface area contributed by atoms with Crippen molar-refractivity contribution in [3.8, 4) is 5.75 Å². The van der Waals surface area contributed by atoms with E-state index in [1.807, 2.05) is 0 Å². The molecule has 1 aromatic carbocycles. The highest BCUT2D eigenvalue weighted by atomic mass is 79.9. The Kier molecular flexibility index (Phi) is 5.87. The van der Waals surface area contributed by atoms with E-state index in [-0.39, 0.29) is 6.10 Å². The molecule has 1 aliphatic heterocycles. The maximum atomic E-state index is 5.80. The third-order valence-corrected chi connectivity index (χ3v) is 3.87. The summed E-state index contributed by atoms with van der Waals surface area (Å²) < 4.78 is 12.7. The van der Waals surface area contributed by atoms with Crippen LogP contribution in [0, 0.1) is 0 Å². The Morgan fingerprint density at radius 3 is 2.90 bits per heavy atom. The third-order valence-electron chi connectivity index (χ3n) is 3.42. The zero-order chi connectivity index (χ0) is 14.5. The van der Waals surface area contributed by atoms with Crippen LogP contribution in [0.1, 0.15) is 31.9 Å². The maximum Gasteiger partial charge on any atom is 0.125 e. The average molecular weight is 342 g/mol. The summed E-state index contributed by atoms with van der Waals surface area (Å²) >= 11 is 3.60. The summed E-state index contributed by atoms with van der Waals surface area (Å²) in [4.78, 5) is 0. The second kappa shape index (κ2) is 7.43. The molecular formula is C16H24BrNO2. The van der Waals surface area contributed by atoms with Crippen LogP contribution >= 0.6 is 15.9 Å². The van der Waals surface area contributed by atoms with E-state index in [0.717, 1.165) is 42.8 Å². The van der Waals surface area contributed by atoms with E-state index >= 15 is 0 Å². The summed E-state index contributed by atoms with van der Waals surface area (Å²) in [7, 11) is 0. The molecule has 1 aromatic rings. The first-order valence-corrected chi connectivity index (χ1v) is 8.18. The quantitative estimate of drug-likeness (QED) is 0.825. The maximum absolute atomic E-state index is 5.80. The van der Waals surface area contributed by atoms with Crippen LogP contribution in [-0.2, 0) is 17.6 Å². The average Bonchev–Trinajstić information content (AvgIpc) is 2.84. The Morgan fingerprint density at radius 2 is 2.20 bits per heavy atom. The van der Waals surface area contributed by atoms with Crippen molar-refractivity contribution in [3.05, 3.63) is 27.7 Å². The van der Waals surface area contributed by atoms with E-state index in [2.05, 4.69) is 54.2 Å². The van der Waals surface area contributed by atoms with E-state index in [4.69, 9.17) is 9.47 Å². The lowest BCUT2D eigenvalue weighted by Crippen LogP contribution is -2.36. The van der Waals surface area contributed by atoms with Crippen LogP contribution in [0.25, 0.3) is 0 Å². The van der Waals surface area contributed by atoms with Crippen molar-refractivity contribution in [2.75, 3.05) is 19.8 Å². The smallest absolute Gasteiger partial charge is 0.125 e. The minimum absolute atomic E-state index is 0.264. The highest BCUT2D eigenvalue weighted by Crippen LogP contribution is 2.33. The van der Waals surface area contributed by atoms with Gasteiger partial charge >= 0.3 is 0 Å². The number of rotatable bonds is 7. The Hall–Kier alpha value is -0.580. The summed E-state index contributed by atoms with van der Waals surface area (Å²) in [5.41, 5.74) is 2.58. The SMILES string of the molecule is CCNC(COC(C)C)Cc1cc(Br)cc2c1OCC2. The summed E-state index contributed by atoms with van der Waals surface area (Å²) in [6, 6.07) is 4.66. The van der Waals surface area contributed by atoms with Gasteiger partial charge in [-0.05, 0) is 50.1 Å². The van der Waals surface area contributed by atoms with Crippen molar-refractivity contribution >= 4 is 15.9 Å². The van der Waals surface area contributed by atoms with Crippen molar-refractivity contribution in [1.82, 2.24) is 5.32 Å². The van der Waals surface area contributed by atoms with Gasteiger partial charge < -0.3 is 14.8 Å². The van der Waals surface area contributed by atoms with E-state index in [1.54, 1.807) is 0 Å². The summed E-state index contributed by atoms with van der Waals surface area (Å²) in [6.07, 6.45) is 2.21. The minimum atomic E-state index is 0.264. The van der Waals surface area contributed by atoms with Crippen molar-refractivity contribution < 1.29 is 9.47 Å². The molecule has 0 saturated carbocycles. The van der Waals surface area contributed by atoms with Crippen molar-refractivity contribution in [2.45, 2.75) is 45.8 Å². The lowest BCUT2D eigenvalue weighted by Gasteiger charge is -2.21. The third kappa shape index (κ3) is 4.21. The molecule has 0 saturated heterocycles. The van der Waals surface area contributed by atoms with Crippen LogP contribution in [0.3, 0.4) is 0 Å². The number of hydrogen-bond acceptors (Lipinski definition) is 3. The molecule has 20 heavy (non-hydrogen) atoms. The largest absolute Gasteiger partial charge is 0.493 e. The molecule has 0 bridgehead atoms. The first-order chi connectivity index (χ1) is 9.60. The number of nitrogens with one attached hydrogen (secondary N) is 1. The van der Waals surface area contributed by atoms with Crippen LogP contribution in [0.4, 0.5) is 0 Å². The van der Waals surface area contributed by atoms with Gasteiger partial charge in [0.15, 0.2) is 0 Å². The van der Waals surface area contributed by atoms with E-state index in [1.165, 1.54) is 11.1 Å². The molecule has 0 amide bonds. The van der Waals surface area contributed by atoms with Gasteiger partial charge in [-0.2, -0.15) is 0 Å². The predicted molar refractivity (Wildman–Crippen MR) is 85.6 cm³/mol. The molecule has 4 heteroatoms. The zero-order valence-corrected chi connectivity index (χ0v) is 14.1. The number of likely N-dealkylation sites (N-methyl/N-ethyl adjacent to an activating group) is 1. The van der Waals surface area contributed by atoms with Crippen LogP contribution in [0.15, 0.2) is 16.6 Å². The van der Waals surface area contributed by atoms with Gasteiger partial charge in [0.1, 0.15) is 5.75 Å². The molecule has 0 radical (unpaired) electrons. The van der Waals surface area contributed by atoms with E-state index in [9.17, 15) is 0 Å². The van der Waals surface area contributed by atoms with Crippen molar-refractivity contribution in [1.29, 1.82) is 0 Å².